The average Bonchev–Trinajstić information content (AvgIpc) is 2.38. The Morgan fingerprint density at radius 2 is 1.89 bits per heavy atom. The van der Waals surface area contributed by atoms with E-state index in [0.717, 1.165) is 24.9 Å². The number of anilines is 1. The first-order valence-electron chi connectivity index (χ1n) is 6.62. The summed E-state index contributed by atoms with van der Waals surface area (Å²) < 4.78 is 0. The van der Waals surface area contributed by atoms with E-state index in [-0.39, 0.29) is 0 Å². The highest BCUT2D eigenvalue weighted by Gasteiger charge is 2.00. The van der Waals surface area contributed by atoms with Gasteiger partial charge in [-0.2, -0.15) is 5.10 Å². The molecule has 0 aromatic heterocycles. The van der Waals surface area contributed by atoms with E-state index in [0.29, 0.717) is 0 Å². The molecule has 0 atom stereocenters. The molecule has 0 saturated heterocycles. The third-order valence-electron chi connectivity index (χ3n) is 2.81. The van der Waals surface area contributed by atoms with Gasteiger partial charge in [0.15, 0.2) is 0 Å². The van der Waals surface area contributed by atoms with Gasteiger partial charge in [-0.1, -0.05) is 36.8 Å². The third-order valence-corrected chi connectivity index (χ3v) is 2.81. The van der Waals surface area contributed by atoms with Gasteiger partial charge in [0.25, 0.3) is 0 Å². The maximum atomic E-state index is 4.68. The molecular formula is C16H24N2. The van der Waals surface area contributed by atoms with E-state index < -0.39 is 0 Å². The number of para-hydroxylation sites is 1. The van der Waals surface area contributed by atoms with Crippen LogP contribution in [0.15, 0.2) is 47.1 Å². The van der Waals surface area contributed by atoms with Crippen LogP contribution in [-0.2, 0) is 0 Å². The van der Waals surface area contributed by atoms with Gasteiger partial charge in [0, 0.05) is 12.8 Å². The van der Waals surface area contributed by atoms with E-state index >= 15 is 0 Å². The minimum absolute atomic E-state index is 1.01. The summed E-state index contributed by atoms with van der Waals surface area (Å²) >= 11 is 0. The Hall–Kier alpha value is -1.57. The van der Waals surface area contributed by atoms with Crippen LogP contribution in [0, 0.1) is 0 Å². The van der Waals surface area contributed by atoms with Crippen molar-refractivity contribution in [3.05, 3.63) is 42.0 Å². The lowest BCUT2D eigenvalue weighted by Crippen LogP contribution is -2.12. The predicted molar refractivity (Wildman–Crippen MR) is 81.2 cm³/mol. The number of hydrazone groups is 1. The van der Waals surface area contributed by atoms with E-state index in [1.807, 2.05) is 30.3 Å². The molecule has 0 N–H and O–H groups in total. The van der Waals surface area contributed by atoms with Gasteiger partial charge < -0.3 is 0 Å². The maximum absolute atomic E-state index is 4.68. The molecule has 0 fully saturated rings. The smallest absolute Gasteiger partial charge is 0.0590 e. The topological polar surface area (TPSA) is 15.6 Å². The molecule has 0 unspecified atom stereocenters. The Kier molecular flexibility index (Phi) is 6.20. The number of hydrogen-bond acceptors (Lipinski definition) is 2. The van der Waals surface area contributed by atoms with Crippen molar-refractivity contribution in [3.8, 4) is 0 Å². The fourth-order valence-electron chi connectivity index (χ4n) is 1.74. The van der Waals surface area contributed by atoms with Crippen molar-refractivity contribution in [2.75, 3.05) is 12.1 Å². The summed E-state index contributed by atoms with van der Waals surface area (Å²) in [5, 5.41) is 6.64. The summed E-state index contributed by atoms with van der Waals surface area (Å²) in [5.74, 6) is 0. The van der Waals surface area contributed by atoms with Gasteiger partial charge >= 0.3 is 0 Å². The van der Waals surface area contributed by atoms with Crippen molar-refractivity contribution in [3.63, 3.8) is 0 Å². The van der Waals surface area contributed by atoms with Gasteiger partial charge in [-0.25, -0.2) is 0 Å². The maximum Gasteiger partial charge on any atom is 0.0590 e. The van der Waals surface area contributed by atoms with E-state index in [1.165, 1.54) is 11.3 Å². The zero-order valence-electron chi connectivity index (χ0n) is 12.0. The van der Waals surface area contributed by atoms with E-state index in [1.54, 1.807) is 0 Å². The summed E-state index contributed by atoms with van der Waals surface area (Å²) in [7, 11) is 2.01. The lowest BCUT2D eigenvalue weighted by atomic mass is 10.1. The summed E-state index contributed by atoms with van der Waals surface area (Å²) in [5.41, 5.74) is 3.76. The lowest BCUT2D eigenvalue weighted by Gasteiger charge is -2.15. The number of rotatable bonds is 6. The zero-order valence-corrected chi connectivity index (χ0v) is 12.0. The second-order valence-corrected chi connectivity index (χ2v) is 4.70. The first kappa shape index (κ1) is 14.5. The highest BCUT2D eigenvalue weighted by molar-refractivity contribution is 5.85. The van der Waals surface area contributed by atoms with Crippen LogP contribution in [-0.4, -0.2) is 12.8 Å². The highest BCUT2D eigenvalue weighted by atomic mass is 15.4. The number of hydrogen-bond donors (Lipinski definition) is 0. The van der Waals surface area contributed by atoms with Crippen LogP contribution in [0.3, 0.4) is 0 Å². The average molecular weight is 244 g/mol. The van der Waals surface area contributed by atoms with Gasteiger partial charge in [-0.3, -0.25) is 5.01 Å². The Labute approximate surface area is 111 Å². The van der Waals surface area contributed by atoms with Crippen LogP contribution in [0.5, 0.6) is 0 Å². The first-order valence-corrected chi connectivity index (χ1v) is 6.62. The molecular weight excluding hydrogens is 220 g/mol. The molecule has 0 bridgehead atoms. The summed E-state index contributed by atoms with van der Waals surface area (Å²) in [6, 6.07) is 10.3. The Bertz CT molecular complexity index is 400. The summed E-state index contributed by atoms with van der Waals surface area (Å²) in [6.45, 7) is 6.44. The van der Waals surface area contributed by atoms with Crippen LogP contribution in [0.4, 0.5) is 5.69 Å². The molecule has 0 aliphatic rings. The van der Waals surface area contributed by atoms with Crippen molar-refractivity contribution in [2.45, 2.75) is 40.0 Å². The quantitative estimate of drug-likeness (QED) is 0.404. The lowest BCUT2D eigenvalue weighted by molar-refractivity contribution is 0.955. The molecule has 0 spiro atoms. The Morgan fingerprint density at radius 3 is 2.44 bits per heavy atom. The molecule has 1 aromatic carbocycles. The molecule has 0 aliphatic heterocycles. The monoisotopic (exact) mass is 244 g/mol. The van der Waals surface area contributed by atoms with Crippen LogP contribution in [0.2, 0.25) is 0 Å². The van der Waals surface area contributed by atoms with Crippen molar-refractivity contribution in [1.29, 1.82) is 0 Å². The molecule has 1 rings (SSSR count). The minimum atomic E-state index is 1.01. The van der Waals surface area contributed by atoms with Crippen molar-refractivity contribution >= 4 is 11.4 Å². The normalized spacial score (nSPS) is 11.2. The van der Waals surface area contributed by atoms with Crippen molar-refractivity contribution < 1.29 is 0 Å². The standard InChI is InChI=1S/C16H24N2/c1-5-15(11-9-10-14(2)3)17-18(4)16-12-7-6-8-13-16/h6-8,10,12-13H,5,9,11H2,1-4H3/b17-15+. The number of allylic oxidation sites excluding steroid dienone is 2. The molecule has 0 radical (unpaired) electrons. The van der Waals surface area contributed by atoms with E-state index in [2.05, 4.69) is 44.1 Å². The van der Waals surface area contributed by atoms with Gasteiger partial charge in [0.2, 0.25) is 0 Å². The summed E-state index contributed by atoms with van der Waals surface area (Å²) in [6.07, 6.45) is 5.40. The largest absolute Gasteiger partial charge is 0.269 e. The molecule has 0 aliphatic carbocycles. The molecule has 2 heteroatoms. The van der Waals surface area contributed by atoms with Crippen LogP contribution in [0.25, 0.3) is 0 Å². The molecule has 0 amide bonds. The Balaban J connectivity index is 2.64. The first-order chi connectivity index (χ1) is 8.63. The fourth-order valence-corrected chi connectivity index (χ4v) is 1.74. The number of benzene rings is 1. The molecule has 2 nitrogen and oxygen atoms in total. The molecule has 98 valence electrons. The molecule has 18 heavy (non-hydrogen) atoms. The molecule has 0 heterocycles. The van der Waals surface area contributed by atoms with E-state index in [4.69, 9.17) is 0 Å². The van der Waals surface area contributed by atoms with Crippen LogP contribution in [0.1, 0.15) is 40.0 Å². The number of nitrogens with zero attached hydrogens (tertiary/aromatic N) is 2. The van der Waals surface area contributed by atoms with Crippen molar-refractivity contribution in [1.82, 2.24) is 0 Å². The SMILES string of the molecule is CC/C(CCC=C(C)C)=N\N(C)c1ccccc1. The van der Waals surface area contributed by atoms with Crippen LogP contribution >= 0.6 is 0 Å². The summed E-state index contributed by atoms with van der Waals surface area (Å²) in [4.78, 5) is 0. The van der Waals surface area contributed by atoms with E-state index in [9.17, 15) is 0 Å². The highest BCUT2D eigenvalue weighted by Crippen LogP contribution is 2.12. The minimum Gasteiger partial charge on any atom is -0.269 e. The Morgan fingerprint density at radius 1 is 1.22 bits per heavy atom. The second-order valence-electron chi connectivity index (χ2n) is 4.70. The molecule has 1 aromatic rings. The van der Waals surface area contributed by atoms with Gasteiger partial charge in [0.1, 0.15) is 0 Å². The van der Waals surface area contributed by atoms with Gasteiger partial charge in [-0.15, -0.1) is 0 Å². The fraction of sp³-hybridized carbons (Fsp3) is 0.438. The van der Waals surface area contributed by atoms with Crippen molar-refractivity contribution in [2.24, 2.45) is 5.10 Å². The van der Waals surface area contributed by atoms with Gasteiger partial charge in [0.05, 0.1) is 5.69 Å². The molecule has 0 saturated carbocycles. The van der Waals surface area contributed by atoms with Crippen LogP contribution < -0.4 is 5.01 Å². The van der Waals surface area contributed by atoms with Gasteiger partial charge in [-0.05, 0) is 45.2 Å². The third kappa shape index (κ3) is 5.17. The second kappa shape index (κ2) is 7.70. The predicted octanol–water partition coefficient (Wildman–Crippen LogP) is 4.64. The zero-order chi connectivity index (χ0) is 13.4.